The predicted molar refractivity (Wildman–Crippen MR) is 150 cm³/mol. The summed E-state index contributed by atoms with van der Waals surface area (Å²) in [7, 11) is 0. The number of amides is 1. The molecule has 6 rings (SSSR count). The SMILES string of the molecule is O=C(Nc1cc(-c2ccc3ncn(Cc4c(Cl)cccc4Cl)c3c2)[nH]n1)c1ccc(N2CCOCC2)cc1. The fourth-order valence-corrected chi connectivity index (χ4v) is 5.09. The molecule has 0 atom stereocenters. The highest BCUT2D eigenvalue weighted by Crippen LogP contribution is 2.29. The predicted octanol–water partition coefficient (Wildman–Crippen LogP) is 5.87. The van der Waals surface area contributed by atoms with Crippen LogP contribution in [0.4, 0.5) is 11.5 Å². The van der Waals surface area contributed by atoms with Gasteiger partial charge in [0.05, 0.1) is 42.8 Å². The van der Waals surface area contributed by atoms with Crippen molar-refractivity contribution in [1.29, 1.82) is 0 Å². The Morgan fingerprint density at radius 1 is 1.00 bits per heavy atom. The summed E-state index contributed by atoms with van der Waals surface area (Å²) in [6.07, 6.45) is 1.77. The molecular formula is C28H24Cl2N6O2. The maximum Gasteiger partial charge on any atom is 0.256 e. The maximum atomic E-state index is 12.8. The molecule has 8 nitrogen and oxygen atoms in total. The molecule has 2 N–H and O–H groups in total. The van der Waals surface area contributed by atoms with Gasteiger partial charge < -0.3 is 19.5 Å². The summed E-state index contributed by atoms with van der Waals surface area (Å²) in [5, 5.41) is 11.4. The number of hydrogen-bond acceptors (Lipinski definition) is 5. The van der Waals surface area contributed by atoms with E-state index in [9.17, 15) is 4.79 Å². The van der Waals surface area contributed by atoms with Gasteiger partial charge in [0.1, 0.15) is 0 Å². The quantitative estimate of drug-likeness (QED) is 0.278. The molecule has 0 unspecified atom stereocenters. The summed E-state index contributed by atoms with van der Waals surface area (Å²) in [5.41, 5.74) is 5.95. The first-order valence-corrected chi connectivity index (χ1v) is 13.0. The summed E-state index contributed by atoms with van der Waals surface area (Å²) in [6.45, 7) is 3.63. The summed E-state index contributed by atoms with van der Waals surface area (Å²) in [5.74, 6) is 0.223. The topological polar surface area (TPSA) is 88.1 Å². The van der Waals surface area contributed by atoms with Crippen molar-refractivity contribution in [2.75, 3.05) is 36.5 Å². The van der Waals surface area contributed by atoms with Gasteiger partial charge in [-0.1, -0.05) is 35.3 Å². The Hall–Kier alpha value is -3.85. The van der Waals surface area contributed by atoms with Crippen LogP contribution in [0.15, 0.2) is 73.1 Å². The van der Waals surface area contributed by atoms with Crippen LogP contribution in [0, 0.1) is 0 Å². The lowest BCUT2D eigenvalue weighted by atomic mass is 10.1. The van der Waals surface area contributed by atoms with Crippen LogP contribution in [0.25, 0.3) is 22.3 Å². The molecule has 0 radical (unpaired) electrons. The highest BCUT2D eigenvalue weighted by Gasteiger charge is 2.15. The van der Waals surface area contributed by atoms with Crippen molar-refractivity contribution in [3.63, 3.8) is 0 Å². The van der Waals surface area contributed by atoms with Crippen molar-refractivity contribution in [1.82, 2.24) is 19.7 Å². The van der Waals surface area contributed by atoms with Crippen molar-refractivity contribution in [2.24, 2.45) is 0 Å². The normalized spacial score (nSPS) is 13.7. The molecule has 1 saturated heterocycles. The van der Waals surface area contributed by atoms with Crippen LogP contribution in [-0.4, -0.2) is 52.0 Å². The number of aromatic amines is 1. The molecule has 0 bridgehead atoms. The van der Waals surface area contributed by atoms with Crippen molar-refractivity contribution in [2.45, 2.75) is 6.54 Å². The van der Waals surface area contributed by atoms with Gasteiger partial charge in [-0.05, 0) is 48.5 Å². The molecule has 5 aromatic rings. The van der Waals surface area contributed by atoms with Crippen LogP contribution in [0.1, 0.15) is 15.9 Å². The van der Waals surface area contributed by atoms with Gasteiger partial charge in [-0.3, -0.25) is 9.89 Å². The van der Waals surface area contributed by atoms with E-state index in [1.807, 2.05) is 71.3 Å². The van der Waals surface area contributed by atoms with Crippen LogP contribution in [0.2, 0.25) is 10.0 Å². The molecule has 2 aromatic heterocycles. The number of imidazole rings is 1. The number of hydrogen-bond donors (Lipinski definition) is 2. The number of nitrogens with zero attached hydrogens (tertiary/aromatic N) is 4. The van der Waals surface area contributed by atoms with Gasteiger partial charge in [-0.15, -0.1) is 0 Å². The zero-order chi connectivity index (χ0) is 26.1. The molecule has 192 valence electrons. The fraction of sp³-hybridized carbons (Fsp3) is 0.179. The number of carbonyl (C=O) groups excluding carboxylic acids is 1. The van der Waals surface area contributed by atoms with Crippen molar-refractivity contribution < 1.29 is 9.53 Å². The van der Waals surface area contributed by atoms with E-state index in [4.69, 9.17) is 27.9 Å². The van der Waals surface area contributed by atoms with E-state index in [0.29, 0.717) is 41.2 Å². The molecule has 1 aliphatic rings. The summed E-state index contributed by atoms with van der Waals surface area (Å²) in [6, 6.07) is 20.8. The molecule has 1 aliphatic heterocycles. The van der Waals surface area contributed by atoms with E-state index in [2.05, 4.69) is 25.4 Å². The Kier molecular flexibility index (Phi) is 6.76. The van der Waals surface area contributed by atoms with E-state index < -0.39 is 0 Å². The van der Waals surface area contributed by atoms with Crippen molar-refractivity contribution in [3.05, 3.63) is 94.2 Å². The van der Waals surface area contributed by atoms with E-state index in [0.717, 1.165) is 46.6 Å². The lowest BCUT2D eigenvalue weighted by Gasteiger charge is -2.28. The number of ether oxygens (including phenoxy) is 1. The minimum absolute atomic E-state index is 0.221. The van der Waals surface area contributed by atoms with Crippen LogP contribution in [0.5, 0.6) is 0 Å². The standard InChI is InChI=1S/C28H24Cl2N6O2/c29-22-2-1-3-23(30)21(22)16-36-17-31-24-9-6-19(14-26(24)36)25-15-27(34-33-25)32-28(37)18-4-7-20(8-5-18)35-10-12-38-13-11-35/h1-9,14-15,17H,10-13,16H2,(H2,32,33,34,37). The Bertz CT molecular complexity index is 1590. The first-order chi connectivity index (χ1) is 18.5. The number of H-pyrrole nitrogens is 1. The highest BCUT2D eigenvalue weighted by atomic mass is 35.5. The van der Waals surface area contributed by atoms with Gasteiger partial charge in [-0.2, -0.15) is 5.10 Å². The number of morpholine rings is 1. The van der Waals surface area contributed by atoms with Crippen molar-refractivity contribution in [3.8, 4) is 11.3 Å². The lowest BCUT2D eigenvalue weighted by Crippen LogP contribution is -2.36. The molecule has 1 fully saturated rings. The largest absolute Gasteiger partial charge is 0.378 e. The Morgan fingerprint density at radius 2 is 1.76 bits per heavy atom. The number of carbonyl (C=O) groups is 1. The molecule has 0 aliphatic carbocycles. The second-order valence-corrected chi connectivity index (χ2v) is 9.86. The van der Waals surface area contributed by atoms with E-state index >= 15 is 0 Å². The summed E-state index contributed by atoms with van der Waals surface area (Å²) < 4.78 is 7.41. The first-order valence-electron chi connectivity index (χ1n) is 12.2. The third kappa shape index (κ3) is 4.98. The maximum absolute atomic E-state index is 12.8. The number of fused-ring (bicyclic) bond motifs is 1. The molecule has 0 saturated carbocycles. The average molecular weight is 547 g/mol. The van der Waals surface area contributed by atoms with Gasteiger partial charge >= 0.3 is 0 Å². The van der Waals surface area contributed by atoms with Crippen LogP contribution < -0.4 is 10.2 Å². The molecule has 10 heteroatoms. The van der Waals surface area contributed by atoms with Gasteiger partial charge in [0.15, 0.2) is 5.82 Å². The zero-order valence-corrected chi connectivity index (χ0v) is 21.8. The second kappa shape index (κ2) is 10.5. The molecule has 3 heterocycles. The Labute approximate surface area is 229 Å². The second-order valence-electron chi connectivity index (χ2n) is 9.04. The molecular weight excluding hydrogens is 523 g/mol. The minimum Gasteiger partial charge on any atom is -0.378 e. The van der Waals surface area contributed by atoms with Gasteiger partial charge in [0, 0.05) is 51.6 Å². The smallest absolute Gasteiger partial charge is 0.256 e. The van der Waals surface area contributed by atoms with Gasteiger partial charge in [0.25, 0.3) is 5.91 Å². The number of benzene rings is 3. The van der Waals surface area contributed by atoms with E-state index in [-0.39, 0.29) is 5.91 Å². The molecule has 3 aromatic carbocycles. The number of rotatable bonds is 6. The van der Waals surface area contributed by atoms with E-state index in [1.165, 1.54) is 0 Å². The van der Waals surface area contributed by atoms with E-state index in [1.54, 1.807) is 6.33 Å². The van der Waals surface area contributed by atoms with Crippen LogP contribution in [0.3, 0.4) is 0 Å². The number of anilines is 2. The van der Waals surface area contributed by atoms with Crippen LogP contribution >= 0.6 is 23.2 Å². The minimum atomic E-state index is -0.221. The van der Waals surface area contributed by atoms with Gasteiger partial charge in [-0.25, -0.2) is 4.98 Å². The fourth-order valence-electron chi connectivity index (χ4n) is 4.57. The van der Waals surface area contributed by atoms with Gasteiger partial charge in [0.2, 0.25) is 0 Å². The first kappa shape index (κ1) is 24.5. The third-order valence-electron chi connectivity index (χ3n) is 6.65. The Morgan fingerprint density at radius 3 is 2.53 bits per heavy atom. The highest BCUT2D eigenvalue weighted by molar-refractivity contribution is 6.36. The van der Waals surface area contributed by atoms with Crippen LogP contribution in [-0.2, 0) is 11.3 Å². The Balaban J connectivity index is 1.18. The molecule has 0 spiro atoms. The third-order valence-corrected chi connectivity index (χ3v) is 7.36. The number of halogens is 2. The molecule has 1 amide bonds. The monoisotopic (exact) mass is 546 g/mol. The van der Waals surface area contributed by atoms with Crippen molar-refractivity contribution >= 4 is 51.6 Å². The number of nitrogens with one attached hydrogen (secondary N) is 2. The summed E-state index contributed by atoms with van der Waals surface area (Å²) >= 11 is 12.8. The average Bonchev–Trinajstić information content (AvgIpc) is 3.58. The summed E-state index contributed by atoms with van der Waals surface area (Å²) in [4.78, 5) is 19.6. The lowest BCUT2D eigenvalue weighted by molar-refractivity contribution is 0.102. The molecule has 38 heavy (non-hydrogen) atoms. The number of aromatic nitrogens is 4. The zero-order valence-electron chi connectivity index (χ0n) is 20.3.